The molecule has 0 aromatic heterocycles. The molecule has 1 aliphatic carbocycles. The van der Waals surface area contributed by atoms with Crippen LogP contribution in [-0.2, 0) is 9.53 Å². The molecule has 4 atom stereocenters. The first-order chi connectivity index (χ1) is 9.94. The third-order valence-corrected chi connectivity index (χ3v) is 6.14. The Bertz CT molecular complexity index is 426. The van der Waals surface area contributed by atoms with Gasteiger partial charge in [-0.15, -0.1) is 0 Å². The quantitative estimate of drug-likeness (QED) is 0.808. The van der Waals surface area contributed by atoms with E-state index < -0.39 is 5.54 Å². The van der Waals surface area contributed by atoms with Crippen molar-refractivity contribution >= 4 is 5.91 Å². The standard InChI is InChI=1S/C16H28N2O3/c1-15(2)13-12(7-10-21-13)16(15,17)14(20)18-8-3-5-11(18)6-4-9-19/h11-13,19H,3-10,17H2,1-2H3. The highest BCUT2D eigenvalue weighted by atomic mass is 16.5. The van der Waals surface area contributed by atoms with Gasteiger partial charge < -0.3 is 20.5 Å². The number of hydrogen-bond acceptors (Lipinski definition) is 4. The Kier molecular flexibility index (Phi) is 3.79. The van der Waals surface area contributed by atoms with Crippen LogP contribution in [0.5, 0.6) is 0 Å². The van der Waals surface area contributed by atoms with E-state index in [4.69, 9.17) is 15.6 Å². The van der Waals surface area contributed by atoms with Gasteiger partial charge in [0.15, 0.2) is 0 Å². The lowest BCUT2D eigenvalue weighted by Gasteiger charge is -2.61. The van der Waals surface area contributed by atoms with Crippen LogP contribution >= 0.6 is 0 Å². The van der Waals surface area contributed by atoms with Gasteiger partial charge >= 0.3 is 0 Å². The van der Waals surface area contributed by atoms with Crippen molar-refractivity contribution in [1.29, 1.82) is 0 Å². The van der Waals surface area contributed by atoms with Crippen molar-refractivity contribution in [2.75, 3.05) is 19.8 Å². The number of hydrogen-bond donors (Lipinski definition) is 2. The molecule has 3 aliphatic rings. The number of ether oxygens (including phenoxy) is 1. The van der Waals surface area contributed by atoms with Gasteiger partial charge in [-0.05, 0) is 32.1 Å². The predicted octanol–water partition coefficient (Wildman–Crippen LogP) is 0.892. The van der Waals surface area contributed by atoms with E-state index in [0.717, 1.165) is 45.3 Å². The molecule has 3 fully saturated rings. The lowest BCUT2D eigenvalue weighted by Crippen LogP contribution is -2.80. The fourth-order valence-electron chi connectivity index (χ4n) is 4.79. The van der Waals surface area contributed by atoms with Crippen LogP contribution in [0.2, 0.25) is 0 Å². The molecule has 0 bridgehead atoms. The number of carbonyl (C=O) groups is 1. The van der Waals surface area contributed by atoms with Crippen molar-refractivity contribution in [2.45, 2.75) is 63.6 Å². The summed E-state index contributed by atoms with van der Waals surface area (Å²) < 4.78 is 5.78. The lowest BCUT2D eigenvalue weighted by molar-refractivity contribution is -0.185. The first-order valence-electron chi connectivity index (χ1n) is 8.27. The molecule has 1 amide bonds. The van der Waals surface area contributed by atoms with Gasteiger partial charge in [-0.3, -0.25) is 4.79 Å². The Hall–Kier alpha value is -0.650. The number of carbonyl (C=O) groups excluding carboxylic acids is 1. The van der Waals surface area contributed by atoms with E-state index in [9.17, 15) is 4.79 Å². The highest BCUT2D eigenvalue weighted by molar-refractivity contribution is 5.90. The number of likely N-dealkylation sites (tertiary alicyclic amines) is 1. The van der Waals surface area contributed by atoms with Crippen molar-refractivity contribution in [2.24, 2.45) is 17.1 Å². The van der Waals surface area contributed by atoms with Crippen LogP contribution in [0.15, 0.2) is 0 Å². The zero-order valence-corrected chi connectivity index (χ0v) is 13.2. The monoisotopic (exact) mass is 296 g/mol. The topological polar surface area (TPSA) is 75.8 Å². The number of amides is 1. The van der Waals surface area contributed by atoms with E-state index in [1.807, 2.05) is 4.90 Å². The van der Waals surface area contributed by atoms with Crippen LogP contribution in [-0.4, -0.2) is 53.4 Å². The molecule has 2 saturated heterocycles. The SMILES string of the molecule is CC1(C)C2OCCC2C1(N)C(=O)N1CCCC1CCCO. The molecule has 5 nitrogen and oxygen atoms in total. The number of nitrogens with two attached hydrogens (primary N) is 1. The maximum atomic E-state index is 13.2. The smallest absolute Gasteiger partial charge is 0.243 e. The van der Waals surface area contributed by atoms with Crippen molar-refractivity contribution in [1.82, 2.24) is 4.90 Å². The third kappa shape index (κ3) is 1.97. The Morgan fingerprint density at radius 1 is 1.43 bits per heavy atom. The summed E-state index contributed by atoms with van der Waals surface area (Å²) in [6.07, 6.45) is 4.74. The second-order valence-corrected chi connectivity index (χ2v) is 7.44. The van der Waals surface area contributed by atoms with Gasteiger partial charge in [0, 0.05) is 37.1 Å². The summed E-state index contributed by atoms with van der Waals surface area (Å²) in [7, 11) is 0. The number of fused-ring (bicyclic) bond motifs is 1. The molecular formula is C16H28N2O3. The maximum absolute atomic E-state index is 13.2. The molecule has 0 spiro atoms. The number of nitrogens with zero attached hydrogens (tertiary/aromatic N) is 1. The van der Waals surface area contributed by atoms with E-state index >= 15 is 0 Å². The van der Waals surface area contributed by atoms with Crippen molar-refractivity contribution < 1.29 is 14.6 Å². The molecule has 2 heterocycles. The largest absolute Gasteiger partial charge is 0.396 e. The third-order valence-electron chi connectivity index (χ3n) is 6.14. The molecule has 3 N–H and O–H groups in total. The van der Waals surface area contributed by atoms with E-state index in [0.29, 0.717) is 0 Å². The summed E-state index contributed by atoms with van der Waals surface area (Å²) >= 11 is 0. The molecule has 3 rings (SSSR count). The Morgan fingerprint density at radius 2 is 2.19 bits per heavy atom. The van der Waals surface area contributed by atoms with Crippen LogP contribution in [0.25, 0.3) is 0 Å². The van der Waals surface area contributed by atoms with E-state index in [-0.39, 0.29) is 36.0 Å². The van der Waals surface area contributed by atoms with Gasteiger partial charge in [0.05, 0.1) is 6.10 Å². The second-order valence-electron chi connectivity index (χ2n) is 7.44. The summed E-state index contributed by atoms with van der Waals surface area (Å²) in [5.74, 6) is 0.277. The molecule has 0 aromatic rings. The molecule has 0 radical (unpaired) electrons. The summed E-state index contributed by atoms with van der Waals surface area (Å²) in [5, 5.41) is 9.03. The lowest BCUT2D eigenvalue weighted by atomic mass is 9.47. The molecule has 21 heavy (non-hydrogen) atoms. The highest BCUT2D eigenvalue weighted by Crippen LogP contribution is 2.59. The van der Waals surface area contributed by atoms with Crippen LogP contribution in [0, 0.1) is 11.3 Å². The average Bonchev–Trinajstić information content (AvgIpc) is 3.11. The normalized spacial score (nSPS) is 41.0. The van der Waals surface area contributed by atoms with Crippen LogP contribution in [0.3, 0.4) is 0 Å². The summed E-state index contributed by atoms with van der Waals surface area (Å²) in [4.78, 5) is 15.2. The molecule has 120 valence electrons. The van der Waals surface area contributed by atoms with E-state index in [1.165, 1.54) is 0 Å². The molecule has 0 aromatic carbocycles. The zero-order chi connectivity index (χ0) is 15.3. The molecule has 1 saturated carbocycles. The Labute approximate surface area is 126 Å². The highest BCUT2D eigenvalue weighted by Gasteiger charge is 2.72. The summed E-state index contributed by atoms with van der Waals surface area (Å²) in [6.45, 7) is 5.85. The predicted molar refractivity (Wildman–Crippen MR) is 79.6 cm³/mol. The van der Waals surface area contributed by atoms with Crippen molar-refractivity contribution in [3.8, 4) is 0 Å². The second kappa shape index (κ2) is 5.21. The molecule has 2 aliphatic heterocycles. The van der Waals surface area contributed by atoms with Gasteiger partial charge in [-0.1, -0.05) is 13.8 Å². The minimum absolute atomic E-state index is 0.111. The van der Waals surface area contributed by atoms with E-state index in [2.05, 4.69) is 13.8 Å². The number of rotatable bonds is 4. The van der Waals surface area contributed by atoms with Crippen LogP contribution < -0.4 is 5.73 Å². The first kappa shape index (κ1) is 15.3. The first-order valence-corrected chi connectivity index (χ1v) is 8.27. The number of aliphatic hydroxyl groups excluding tert-OH is 1. The van der Waals surface area contributed by atoms with Gasteiger partial charge in [-0.2, -0.15) is 0 Å². The minimum Gasteiger partial charge on any atom is -0.396 e. The summed E-state index contributed by atoms with van der Waals surface area (Å²) in [5.41, 5.74) is 5.58. The van der Waals surface area contributed by atoms with Gasteiger partial charge in [0.1, 0.15) is 5.54 Å². The zero-order valence-electron chi connectivity index (χ0n) is 13.2. The fourth-order valence-corrected chi connectivity index (χ4v) is 4.79. The number of aliphatic hydroxyl groups is 1. The fraction of sp³-hybridized carbons (Fsp3) is 0.938. The van der Waals surface area contributed by atoms with Gasteiger partial charge in [0.25, 0.3) is 0 Å². The van der Waals surface area contributed by atoms with Gasteiger partial charge in [-0.25, -0.2) is 0 Å². The Morgan fingerprint density at radius 3 is 2.90 bits per heavy atom. The van der Waals surface area contributed by atoms with E-state index in [1.54, 1.807) is 0 Å². The maximum Gasteiger partial charge on any atom is 0.243 e. The minimum atomic E-state index is -0.782. The average molecular weight is 296 g/mol. The van der Waals surface area contributed by atoms with Gasteiger partial charge in [0.2, 0.25) is 5.91 Å². The summed E-state index contributed by atoms with van der Waals surface area (Å²) in [6, 6.07) is 0.252. The van der Waals surface area contributed by atoms with Crippen LogP contribution in [0.4, 0.5) is 0 Å². The van der Waals surface area contributed by atoms with Crippen molar-refractivity contribution in [3.05, 3.63) is 0 Å². The molecule has 5 heteroatoms. The Balaban J connectivity index is 1.78. The molecular weight excluding hydrogens is 268 g/mol. The van der Waals surface area contributed by atoms with Crippen LogP contribution in [0.1, 0.15) is 46.0 Å². The van der Waals surface area contributed by atoms with Crippen molar-refractivity contribution in [3.63, 3.8) is 0 Å². The molecule has 4 unspecified atom stereocenters.